The van der Waals surface area contributed by atoms with Crippen molar-refractivity contribution in [3.8, 4) is 0 Å². The third-order valence-electron chi connectivity index (χ3n) is 4.77. The highest BCUT2D eigenvalue weighted by Crippen LogP contribution is 2.36. The maximum absolute atomic E-state index is 11.2. The summed E-state index contributed by atoms with van der Waals surface area (Å²) in [4.78, 5) is 11.2. The van der Waals surface area contributed by atoms with E-state index in [0.29, 0.717) is 5.56 Å². The lowest BCUT2D eigenvalue weighted by Gasteiger charge is -2.32. The average molecular weight is 336 g/mol. The Morgan fingerprint density at radius 1 is 1.12 bits per heavy atom. The fourth-order valence-electron chi connectivity index (χ4n) is 2.42. The van der Waals surface area contributed by atoms with Crippen LogP contribution in [0.5, 0.6) is 0 Å². The molecule has 1 saturated heterocycles. The second kappa shape index (κ2) is 6.84. The number of aliphatic hydroxyl groups is 2. The van der Waals surface area contributed by atoms with Crippen molar-refractivity contribution in [2.24, 2.45) is 0 Å². The van der Waals surface area contributed by atoms with Crippen LogP contribution in [0.1, 0.15) is 45.8 Å². The smallest absolute Gasteiger partial charge is 0.469 e. The Labute approximate surface area is 142 Å². The van der Waals surface area contributed by atoms with Crippen molar-refractivity contribution in [3.63, 3.8) is 0 Å². The molecule has 6 nitrogen and oxygen atoms in total. The SMILES string of the molecule is COC(=O)CC(O)C(O)c1ccc(B2OC(C)(C)C(C)(C)O2)cc1. The summed E-state index contributed by atoms with van der Waals surface area (Å²) in [5.74, 6) is -0.574. The molecule has 0 amide bonds. The normalized spacial score (nSPS) is 21.4. The minimum Gasteiger partial charge on any atom is -0.469 e. The summed E-state index contributed by atoms with van der Waals surface area (Å²) in [5.41, 5.74) is 0.484. The van der Waals surface area contributed by atoms with Gasteiger partial charge in [-0.25, -0.2) is 0 Å². The van der Waals surface area contributed by atoms with Crippen molar-refractivity contribution < 1.29 is 29.1 Å². The molecule has 0 radical (unpaired) electrons. The lowest BCUT2D eigenvalue weighted by molar-refractivity contribution is -0.144. The monoisotopic (exact) mass is 336 g/mol. The average Bonchev–Trinajstić information content (AvgIpc) is 2.74. The fraction of sp³-hybridized carbons (Fsp3) is 0.588. The van der Waals surface area contributed by atoms with Gasteiger partial charge in [0, 0.05) is 0 Å². The summed E-state index contributed by atoms with van der Waals surface area (Å²) in [6, 6.07) is 6.94. The van der Waals surface area contributed by atoms with Crippen LogP contribution >= 0.6 is 0 Å². The van der Waals surface area contributed by atoms with Crippen molar-refractivity contribution in [2.45, 2.75) is 57.5 Å². The molecule has 0 bridgehead atoms. The van der Waals surface area contributed by atoms with Gasteiger partial charge in [-0.05, 0) is 38.7 Å². The highest BCUT2D eigenvalue weighted by atomic mass is 16.7. The number of esters is 1. The van der Waals surface area contributed by atoms with Crippen LogP contribution in [0.2, 0.25) is 0 Å². The second-order valence-corrected chi connectivity index (χ2v) is 7.05. The molecule has 2 N–H and O–H groups in total. The summed E-state index contributed by atoms with van der Waals surface area (Å²) in [6.45, 7) is 7.92. The van der Waals surface area contributed by atoms with Crippen molar-refractivity contribution in [3.05, 3.63) is 29.8 Å². The van der Waals surface area contributed by atoms with E-state index in [1.807, 2.05) is 27.7 Å². The van der Waals surface area contributed by atoms with Gasteiger partial charge >= 0.3 is 13.1 Å². The third kappa shape index (κ3) is 3.80. The third-order valence-corrected chi connectivity index (χ3v) is 4.77. The number of carbonyl (C=O) groups is 1. The number of ether oxygens (including phenoxy) is 1. The molecule has 1 aliphatic rings. The highest BCUT2D eigenvalue weighted by molar-refractivity contribution is 6.62. The molecule has 132 valence electrons. The van der Waals surface area contributed by atoms with E-state index in [9.17, 15) is 15.0 Å². The fourth-order valence-corrected chi connectivity index (χ4v) is 2.42. The molecule has 2 rings (SSSR count). The molecular formula is C17H25BO6. The Morgan fingerprint density at radius 2 is 1.62 bits per heavy atom. The second-order valence-electron chi connectivity index (χ2n) is 7.05. The maximum atomic E-state index is 11.2. The first-order chi connectivity index (χ1) is 11.1. The minimum absolute atomic E-state index is 0.267. The van der Waals surface area contributed by atoms with Crippen molar-refractivity contribution in [1.29, 1.82) is 0 Å². The van der Waals surface area contributed by atoms with Gasteiger partial charge in [-0.15, -0.1) is 0 Å². The van der Waals surface area contributed by atoms with Gasteiger partial charge in [-0.1, -0.05) is 24.3 Å². The van der Waals surface area contributed by atoms with Crippen LogP contribution in [0.3, 0.4) is 0 Å². The summed E-state index contributed by atoms with van der Waals surface area (Å²) in [6.07, 6.45) is -2.66. The maximum Gasteiger partial charge on any atom is 0.494 e. The summed E-state index contributed by atoms with van der Waals surface area (Å²) in [7, 11) is 0.752. The van der Waals surface area contributed by atoms with Gasteiger partial charge in [0.25, 0.3) is 0 Å². The number of rotatable bonds is 5. The van der Waals surface area contributed by atoms with Crippen LogP contribution in [0.15, 0.2) is 24.3 Å². The largest absolute Gasteiger partial charge is 0.494 e. The summed E-state index contributed by atoms with van der Waals surface area (Å²) < 4.78 is 16.4. The first-order valence-corrected chi connectivity index (χ1v) is 7.96. The van der Waals surface area contributed by atoms with Crippen molar-refractivity contribution in [1.82, 2.24) is 0 Å². The van der Waals surface area contributed by atoms with E-state index in [2.05, 4.69) is 4.74 Å². The molecule has 2 atom stereocenters. The first kappa shape index (κ1) is 18.9. The lowest BCUT2D eigenvalue weighted by Crippen LogP contribution is -2.41. The van der Waals surface area contributed by atoms with E-state index in [-0.39, 0.29) is 6.42 Å². The van der Waals surface area contributed by atoms with Gasteiger partial charge in [-0.2, -0.15) is 0 Å². The molecule has 7 heteroatoms. The van der Waals surface area contributed by atoms with Crippen LogP contribution in [0, 0.1) is 0 Å². The number of methoxy groups -OCH3 is 1. The molecule has 1 aromatic carbocycles. The van der Waals surface area contributed by atoms with Gasteiger partial charge in [0.05, 0.1) is 30.8 Å². The Bertz CT molecular complexity index is 567. The summed E-state index contributed by atoms with van der Waals surface area (Å²) >= 11 is 0. The molecule has 24 heavy (non-hydrogen) atoms. The molecule has 0 aliphatic carbocycles. The summed E-state index contributed by atoms with van der Waals surface area (Å²) in [5, 5.41) is 20.0. The van der Waals surface area contributed by atoms with Gasteiger partial charge in [-0.3, -0.25) is 4.79 Å². The van der Waals surface area contributed by atoms with E-state index in [4.69, 9.17) is 9.31 Å². The molecule has 1 heterocycles. The predicted molar refractivity (Wildman–Crippen MR) is 89.8 cm³/mol. The molecule has 2 unspecified atom stereocenters. The number of aliphatic hydroxyl groups excluding tert-OH is 2. The molecule has 0 spiro atoms. The standard InChI is InChI=1S/C17H25BO6/c1-16(2)17(3,4)24-18(23-16)12-8-6-11(7-9-12)15(21)13(19)10-14(20)22-5/h6-9,13,15,19,21H,10H2,1-5H3. The van der Waals surface area contributed by atoms with Crippen molar-refractivity contribution >= 4 is 18.6 Å². The van der Waals surface area contributed by atoms with E-state index in [1.165, 1.54) is 7.11 Å². The Balaban J connectivity index is 2.07. The van der Waals surface area contributed by atoms with E-state index in [1.54, 1.807) is 24.3 Å². The quantitative estimate of drug-likeness (QED) is 0.615. The lowest BCUT2D eigenvalue weighted by atomic mass is 9.78. The Kier molecular flexibility index (Phi) is 5.39. The molecular weight excluding hydrogens is 311 g/mol. The van der Waals surface area contributed by atoms with E-state index in [0.717, 1.165) is 5.46 Å². The highest BCUT2D eigenvalue weighted by Gasteiger charge is 2.51. The number of carbonyl (C=O) groups excluding carboxylic acids is 1. The molecule has 1 aromatic rings. The topological polar surface area (TPSA) is 85.2 Å². The molecule has 0 saturated carbocycles. The zero-order valence-corrected chi connectivity index (χ0v) is 14.8. The zero-order valence-electron chi connectivity index (χ0n) is 14.8. The first-order valence-electron chi connectivity index (χ1n) is 7.96. The minimum atomic E-state index is -1.22. The Morgan fingerprint density at radius 3 is 2.08 bits per heavy atom. The van der Waals surface area contributed by atoms with Crippen LogP contribution in [0.25, 0.3) is 0 Å². The number of benzene rings is 1. The Hall–Kier alpha value is -1.41. The van der Waals surface area contributed by atoms with Crippen LogP contribution in [-0.2, 0) is 18.8 Å². The van der Waals surface area contributed by atoms with Crippen LogP contribution in [0.4, 0.5) is 0 Å². The molecule has 0 aromatic heterocycles. The van der Waals surface area contributed by atoms with Gasteiger partial charge in [0.15, 0.2) is 0 Å². The van der Waals surface area contributed by atoms with Crippen LogP contribution < -0.4 is 5.46 Å². The number of hydrogen-bond acceptors (Lipinski definition) is 6. The van der Waals surface area contributed by atoms with Gasteiger partial charge in [0.1, 0.15) is 6.10 Å². The predicted octanol–water partition coefficient (Wildman–Crippen LogP) is 0.943. The number of hydrogen-bond donors (Lipinski definition) is 2. The zero-order chi connectivity index (χ0) is 18.1. The van der Waals surface area contributed by atoms with Gasteiger partial charge < -0.3 is 24.3 Å². The van der Waals surface area contributed by atoms with E-state index >= 15 is 0 Å². The van der Waals surface area contributed by atoms with Crippen LogP contribution in [-0.4, -0.2) is 47.7 Å². The van der Waals surface area contributed by atoms with Gasteiger partial charge in [0.2, 0.25) is 0 Å². The molecule has 1 fully saturated rings. The van der Waals surface area contributed by atoms with Crippen molar-refractivity contribution in [2.75, 3.05) is 7.11 Å². The van der Waals surface area contributed by atoms with E-state index < -0.39 is 36.5 Å². The molecule has 1 aliphatic heterocycles.